The van der Waals surface area contributed by atoms with Crippen LogP contribution in [0.25, 0.3) is 0 Å². The molecule has 0 aromatic heterocycles. The van der Waals surface area contributed by atoms with E-state index in [4.69, 9.17) is 9.47 Å². The molecule has 0 aliphatic carbocycles. The van der Waals surface area contributed by atoms with Crippen LogP contribution in [0.15, 0.2) is 0 Å². The van der Waals surface area contributed by atoms with E-state index in [0.29, 0.717) is 12.8 Å². The summed E-state index contributed by atoms with van der Waals surface area (Å²) in [7, 11) is 0. The monoisotopic (exact) mass is 928 g/mol. The van der Waals surface area contributed by atoms with Crippen molar-refractivity contribution in [2.45, 2.75) is 332 Å². The Kier molecular flexibility index (Phi) is 43.6. The smallest absolute Gasteiger partial charge is 0.249 e. The summed E-state index contributed by atoms with van der Waals surface area (Å²) in [5.74, 6) is -0.577. The van der Waals surface area contributed by atoms with Gasteiger partial charge in [0.1, 0.15) is 30.5 Å². The highest BCUT2D eigenvalue weighted by Crippen LogP contribution is 2.23. The van der Waals surface area contributed by atoms with Gasteiger partial charge < -0.3 is 45.4 Å². The predicted molar refractivity (Wildman–Crippen MR) is 269 cm³/mol. The fourth-order valence-corrected chi connectivity index (χ4v) is 9.47. The highest BCUT2D eigenvalue weighted by Gasteiger charge is 2.44. The molecule has 7 N–H and O–H groups in total. The van der Waals surface area contributed by atoms with Crippen molar-refractivity contribution in [2.24, 2.45) is 0 Å². The first-order valence-electron chi connectivity index (χ1n) is 28.3. The van der Waals surface area contributed by atoms with Crippen molar-refractivity contribution in [3.63, 3.8) is 0 Å². The Balaban J connectivity index is 2.18. The molecule has 65 heavy (non-hydrogen) atoms. The van der Waals surface area contributed by atoms with Crippen LogP contribution in [0, 0.1) is 0 Å². The molecular formula is C55H109NO9. The molecular weight excluding hydrogens is 819 g/mol. The van der Waals surface area contributed by atoms with Crippen LogP contribution < -0.4 is 5.32 Å². The van der Waals surface area contributed by atoms with Crippen LogP contribution in [0.3, 0.4) is 0 Å². The molecule has 388 valence electrons. The first-order valence-corrected chi connectivity index (χ1v) is 28.3. The lowest BCUT2D eigenvalue weighted by Gasteiger charge is -2.40. The lowest BCUT2D eigenvalue weighted by molar-refractivity contribution is -0.302. The van der Waals surface area contributed by atoms with Gasteiger partial charge in [-0.3, -0.25) is 4.79 Å². The van der Waals surface area contributed by atoms with Gasteiger partial charge in [0.15, 0.2) is 6.29 Å². The van der Waals surface area contributed by atoms with Gasteiger partial charge >= 0.3 is 0 Å². The van der Waals surface area contributed by atoms with E-state index >= 15 is 0 Å². The van der Waals surface area contributed by atoms with Gasteiger partial charge in [-0.1, -0.05) is 271 Å². The molecule has 1 rings (SSSR count). The second-order valence-corrected chi connectivity index (χ2v) is 20.2. The summed E-state index contributed by atoms with van der Waals surface area (Å²) < 4.78 is 11.2. The van der Waals surface area contributed by atoms with Crippen molar-refractivity contribution in [3.05, 3.63) is 0 Å². The summed E-state index contributed by atoms with van der Waals surface area (Å²) in [6.45, 7) is 3.70. The topological polar surface area (TPSA) is 169 Å². The minimum Gasteiger partial charge on any atom is -0.394 e. The maximum atomic E-state index is 13.1. The van der Waals surface area contributed by atoms with Gasteiger partial charge in [0.2, 0.25) is 5.91 Å². The Morgan fingerprint density at radius 1 is 0.462 bits per heavy atom. The van der Waals surface area contributed by atoms with Crippen molar-refractivity contribution in [1.29, 1.82) is 0 Å². The largest absolute Gasteiger partial charge is 0.394 e. The molecule has 0 spiro atoms. The standard InChI is InChI=1S/C55H109NO9/c1-3-5-7-9-11-13-15-17-18-19-20-21-22-23-24-25-26-27-28-29-30-32-34-36-38-40-42-44-49(59)54(63)56-47(46-64-55-53(62)52(61)51(60)50(45-57)65-55)48(58)43-41-39-37-35-33-31-16-14-12-10-8-6-4-2/h47-53,55,57-62H,3-46H2,1-2H3,(H,56,63). The van der Waals surface area contributed by atoms with Gasteiger partial charge in [0.25, 0.3) is 0 Å². The molecule has 10 nitrogen and oxygen atoms in total. The van der Waals surface area contributed by atoms with Gasteiger partial charge in [-0.2, -0.15) is 0 Å². The average Bonchev–Trinajstić information content (AvgIpc) is 3.31. The number of aliphatic hydroxyl groups is 6. The number of carbonyl (C=O) groups excluding carboxylic acids is 1. The Labute approximate surface area is 400 Å². The quantitative estimate of drug-likeness (QED) is 0.0294. The second-order valence-electron chi connectivity index (χ2n) is 20.2. The molecule has 1 aliphatic heterocycles. The summed E-state index contributed by atoms with van der Waals surface area (Å²) in [5.41, 5.74) is 0. The molecule has 1 fully saturated rings. The highest BCUT2D eigenvalue weighted by atomic mass is 16.7. The maximum Gasteiger partial charge on any atom is 0.249 e. The summed E-state index contributed by atoms with van der Waals surface area (Å²) in [6.07, 6.45) is 43.2. The molecule has 10 heteroatoms. The number of hydrogen-bond acceptors (Lipinski definition) is 9. The van der Waals surface area contributed by atoms with Crippen molar-refractivity contribution in [3.8, 4) is 0 Å². The highest BCUT2D eigenvalue weighted by molar-refractivity contribution is 5.80. The summed E-state index contributed by atoms with van der Waals surface area (Å²) in [4.78, 5) is 13.1. The Morgan fingerprint density at radius 3 is 1.09 bits per heavy atom. The molecule has 0 aromatic rings. The van der Waals surface area contributed by atoms with Crippen LogP contribution >= 0.6 is 0 Å². The SMILES string of the molecule is CCCCCCCCCCCCCCCCCCCCCCCCCCCCCC(O)C(=O)NC(COC1OC(CO)C(O)C(O)C1O)C(O)CCCCCCCCCCCCCCC. The fourth-order valence-electron chi connectivity index (χ4n) is 9.47. The van der Waals surface area contributed by atoms with E-state index in [-0.39, 0.29) is 6.61 Å². The number of ether oxygens (including phenoxy) is 2. The molecule has 1 amide bonds. The number of carbonyl (C=O) groups is 1. The normalized spacial score (nSPS) is 20.3. The lowest BCUT2D eigenvalue weighted by Crippen LogP contribution is -2.60. The lowest BCUT2D eigenvalue weighted by atomic mass is 9.99. The molecule has 8 unspecified atom stereocenters. The van der Waals surface area contributed by atoms with Crippen molar-refractivity contribution >= 4 is 5.91 Å². The Bertz CT molecular complexity index is 1000. The third-order valence-corrected chi connectivity index (χ3v) is 14.1. The summed E-state index contributed by atoms with van der Waals surface area (Å²) in [5, 5.41) is 65.1. The average molecular weight is 928 g/mol. The molecule has 0 saturated carbocycles. The van der Waals surface area contributed by atoms with Crippen LogP contribution in [0.2, 0.25) is 0 Å². The zero-order valence-electron chi connectivity index (χ0n) is 42.6. The molecule has 1 aliphatic rings. The molecule has 0 radical (unpaired) electrons. The molecule has 1 saturated heterocycles. The number of amides is 1. The van der Waals surface area contributed by atoms with E-state index in [9.17, 15) is 35.4 Å². The molecule has 1 heterocycles. The molecule has 0 bridgehead atoms. The van der Waals surface area contributed by atoms with Crippen LogP contribution in [0.4, 0.5) is 0 Å². The predicted octanol–water partition coefficient (Wildman–Crippen LogP) is 12.4. The van der Waals surface area contributed by atoms with Crippen LogP contribution in [-0.2, 0) is 14.3 Å². The van der Waals surface area contributed by atoms with Crippen molar-refractivity contribution in [1.82, 2.24) is 5.32 Å². The molecule has 8 atom stereocenters. The minimum atomic E-state index is -1.59. The van der Waals surface area contributed by atoms with Gasteiger partial charge in [-0.15, -0.1) is 0 Å². The minimum absolute atomic E-state index is 0.250. The number of unbranched alkanes of at least 4 members (excludes halogenated alkanes) is 38. The van der Waals surface area contributed by atoms with Crippen molar-refractivity contribution < 1.29 is 44.9 Å². The first kappa shape index (κ1) is 62.2. The fraction of sp³-hybridized carbons (Fsp3) is 0.982. The van der Waals surface area contributed by atoms with Crippen LogP contribution in [-0.4, -0.2) is 98.7 Å². The first-order chi connectivity index (χ1) is 31.8. The number of nitrogens with one attached hydrogen (secondary N) is 1. The van der Waals surface area contributed by atoms with Gasteiger partial charge in [0.05, 0.1) is 25.4 Å². The van der Waals surface area contributed by atoms with Crippen LogP contribution in [0.5, 0.6) is 0 Å². The molecule has 0 aromatic carbocycles. The third-order valence-electron chi connectivity index (χ3n) is 14.1. The Morgan fingerprint density at radius 2 is 0.769 bits per heavy atom. The second kappa shape index (κ2) is 45.6. The van der Waals surface area contributed by atoms with E-state index in [1.807, 2.05) is 0 Å². The number of aliphatic hydroxyl groups excluding tert-OH is 6. The van der Waals surface area contributed by atoms with Crippen molar-refractivity contribution in [2.75, 3.05) is 13.2 Å². The van der Waals surface area contributed by atoms with Crippen LogP contribution in [0.1, 0.15) is 284 Å². The van der Waals surface area contributed by atoms with E-state index in [1.165, 1.54) is 212 Å². The third kappa shape index (κ3) is 35.0. The zero-order chi connectivity index (χ0) is 47.4. The van der Waals surface area contributed by atoms with E-state index in [1.54, 1.807) is 0 Å². The van der Waals surface area contributed by atoms with Gasteiger partial charge in [0, 0.05) is 0 Å². The Hall–Kier alpha value is -0.850. The zero-order valence-corrected chi connectivity index (χ0v) is 42.6. The van der Waals surface area contributed by atoms with Gasteiger partial charge in [-0.25, -0.2) is 0 Å². The van der Waals surface area contributed by atoms with E-state index in [0.717, 1.165) is 44.9 Å². The summed E-state index contributed by atoms with van der Waals surface area (Å²) in [6, 6.07) is -0.888. The van der Waals surface area contributed by atoms with E-state index in [2.05, 4.69) is 19.2 Å². The summed E-state index contributed by atoms with van der Waals surface area (Å²) >= 11 is 0. The van der Waals surface area contributed by atoms with Gasteiger partial charge in [-0.05, 0) is 12.8 Å². The van der Waals surface area contributed by atoms with E-state index < -0.39 is 61.5 Å². The maximum absolute atomic E-state index is 13.1. The number of rotatable bonds is 49. The number of hydrogen-bond donors (Lipinski definition) is 7.